The average molecular weight is 260 g/mol. The number of nitrogens with one attached hydrogen (secondary N) is 1. The van der Waals surface area contributed by atoms with Crippen LogP contribution in [0.1, 0.15) is 36.0 Å². The zero-order valence-corrected chi connectivity index (χ0v) is 10.6. The largest absolute Gasteiger partial charge is 0.383 e. The molecule has 0 bridgehead atoms. The monoisotopic (exact) mass is 260 g/mol. The van der Waals surface area contributed by atoms with Gasteiger partial charge in [-0.2, -0.15) is 0 Å². The maximum absolute atomic E-state index is 12.3. The Morgan fingerprint density at radius 2 is 1.89 bits per heavy atom. The van der Waals surface area contributed by atoms with Crippen molar-refractivity contribution in [1.29, 1.82) is 0 Å². The molecule has 1 aromatic carbocycles. The molecule has 1 N–H and O–H groups in total. The number of carbonyl (C=O) groups is 1. The third-order valence-corrected chi connectivity index (χ3v) is 3.16. The second kappa shape index (κ2) is 6.13. The topological polar surface area (TPSA) is 72.2 Å². The van der Waals surface area contributed by atoms with Crippen LogP contribution in [0.2, 0.25) is 0 Å². The highest BCUT2D eigenvalue weighted by atomic mass is 16.6. The van der Waals surface area contributed by atoms with Gasteiger partial charge in [0.05, 0.1) is 10.6 Å². The summed E-state index contributed by atoms with van der Waals surface area (Å²) >= 11 is 0. The quantitative estimate of drug-likeness (QED) is 0.392. The van der Waals surface area contributed by atoms with Crippen molar-refractivity contribution in [3.05, 3.63) is 57.4 Å². The van der Waals surface area contributed by atoms with E-state index in [0.29, 0.717) is 24.2 Å². The Hall–Kier alpha value is -2.17. The minimum Gasteiger partial charge on any atom is -0.383 e. The second-order valence-corrected chi connectivity index (χ2v) is 4.52. The van der Waals surface area contributed by atoms with Crippen molar-refractivity contribution in [3.63, 3.8) is 0 Å². The van der Waals surface area contributed by atoms with E-state index in [1.165, 1.54) is 0 Å². The molecule has 5 nitrogen and oxygen atoms in total. The zero-order chi connectivity index (χ0) is 13.7. The highest BCUT2D eigenvalue weighted by Gasteiger charge is 2.28. The van der Waals surface area contributed by atoms with E-state index in [4.69, 9.17) is 0 Å². The van der Waals surface area contributed by atoms with Gasteiger partial charge >= 0.3 is 5.70 Å². The molecular formula is C14H16N2O3. The zero-order valence-electron chi connectivity index (χ0n) is 10.6. The van der Waals surface area contributed by atoms with Gasteiger partial charge in [0.25, 0.3) is 5.78 Å². The minimum absolute atomic E-state index is 0.312. The van der Waals surface area contributed by atoms with Crippen molar-refractivity contribution < 1.29 is 9.72 Å². The summed E-state index contributed by atoms with van der Waals surface area (Å²) in [6.45, 7) is 0.689. The normalized spacial score (nSPS) is 18.1. The Morgan fingerprint density at radius 3 is 2.58 bits per heavy atom. The summed E-state index contributed by atoms with van der Waals surface area (Å²) in [5, 5.41) is 14.2. The van der Waals surface area contributed by atoms with Crippen LogP contribution < -0.4 is 5.32 Å². The molecule has 19 heavy (non-hydrogen) atoms. The lowest BCUT2D eigenvalue weighted by Crippen LogP contribution is -2.22. The molecule has 100 valence electrons. The molecule has 0 aliphatic carbocycles. The predicted molar refractivity (Wildman–Crippen MR) is 71.3 cm³/mol. The van der Waals surface area contributed by atoms with Crippen LogP contribution in [0.4, 0.5) is 0 Å². The van der Waals surface area contributed by atoms with E-state index in [0.717, 1.165) is 19.3 Å². The van der Waals surface area contributed by atoms with E-state index >= 15 is 0 Å². The smallest absolute Gasteiger partial charge is 0.335 e. The summed E-state index contributed by atoms with van der Waals surface area (Å²) in [6, 6.07) is 8.39. The molecule has 0 atom stereocenters. The lowest BCUT2D eigenvalue weighted by Gasteiger charge is -2.07. The number of allylic oxidation sites excluding steroid dienone is 2. The molecule has 0 unspecified atom stereocenters. The maximum Gasteiger partial charge on any atom is 0.335 e. The summed E-state index contributed by atoms with van der Waals surface area (Å²) in [6.07, 6.45) is 3.45. The first-order chi connectivity index (χ1) is 9.20. The number of rotatable bonds is 3. The maximum atomic E-state index is 12.3. The highest BCUT2D eigenvalue weighted by molar-refractivity contribution is 6.07. The van der Waals surface area contributed by atoms with Gasteiger partial charge in [-0.15, -0.1) is 0 Å². The number of nitro groups is 1. The number of carbonyl (C=O) groups excluding carboxylic acids is 1. The van der Waals surface area contributed by atoms with E-state index in [1.54, 1.807) is 30.3 Å². The summed E-state index contributed by atoms with van der Waals surface area (Å²) in [7, 11) is 0. The Kier molecular flexibility index (Phi) is 4.28. The van der Waals surface area contributed by atoms with Crippen LogP contribution in [0, 0.1) is 10.1 Å². The molecule has 1 saturated heterocycles. The van der Waals surface area contributed by atoms with Gasteiger partial charge in [-0.05, 0) is 19.3 Å². The molecule has 0 aromatic heterocycles. The van der Waals surface area contributed by atoms with Crippen molar-refractivity contribution in [1.82, 2.24) is 5.32 Å². The van der Waals surface area contributed by atoms with E-state index in [2.05, 4.69) is 5.32 Å². The minimum atomic E-state index is -0.566. The van der Waals surface area contributed by atoms with Gasteiger partial charge in [-0.25, -0.2) is 0 Å². The van der Waals surface area contributed by atoms with Gasteiger partial charge in [-0.3, -0.25) is 14.9 Å². The molecule has 0 amide bonds. The standard InChI is InChI=1S/C14H16N2O3/c17-14(11-7-3-1-4-8-11)13(16(18)19)12-9-5-2-6-10-15-12/h1,3-4,7-8,15H,2,5-6,9-10H2. The molecule has 0 spiro atoms. The SMILES string of the molecule is O=C(C(=C1CCCCCN1)[N+](=O)[O-])c1ccccc1. The first-order valence-corrected chi connectivity index (χ1v) is 6.41. The number of Topliss-reactive ketones (excluding diaryl/α,β-unsaturated/α-hetero) is 1. The van der Waals surface area contributed by atoms with Crippen molar-refractivity contribution in [2.24, 2.45) is 0 Å². The first kappa shape index (κ1) is 13.3. The Labute approximate surface area is 111 Å². The second-order valence-electron chi connectivity index (χ2n) is 4.52. The Balaban J connectivity index is 2.37. The average Bonchev–Trinajstić information content (AvgIpc) is 2.68. The van der Waals surface area contributed by atoms with Crippen molar-refractivity contribution in [2.45, 2.75) is 25.7 Å². The van der Waals surface area contributed by atoms with Gasteiger partial charge in [-0.1, -0.05) is 36.8 Å². The van der Waals surface area contributed by atoms with Gasteiger partial charge in [0.2, 0.25) is 0 Å². The summed E-state index contributed by atoms with van der Waals surface area (Å²) in [5.41, 5.74) is 0.511. The van der Waals surface area contributed by atoms with Gasteiger partial charge < -0.3 is 5.32 Å². The fraction of sp³-hybridized carbons (Fsp3) is 0.357. The Bertz CT molecular complexity index is 499. The summed E-state index contributed by atoms with van der Waals surface area (Å²) in [4.78, 5) is 22.9. The number of benzene rings is 1. The van der Waals surface area contributed by atoms with Crippen LogP contribution in [-0.2, 0) is 0 Å². The van der Waals surface area contributed by atoms with Crippen molar-refractivity contribution in [2.75, 3.05) is 6.54 Å². The molecule has 1 aliphatic heterocycles. The van der Waals surface area contributed by atoms with Crippen LogP contribution in [0.3, 0.4) is 0 Å². The van der Waals surface area contributed by atoms with E-state index in [9.17, 15) is 14.9 Å². The van der Waals surface area contributed by atoms with E-state index in [1.807, 2.05) is 0 Å². The van der Waals surface area contributed by atoms with Gasteiger partial charge in [0, 0.05) is 12.1 Å². The van der Waals surface area contributed by atoms with Crippen molar-refractivity contribution in [3.8, 4) is 0 Å². The van der Waals surface area contributed by atoms with Gasteiger partial charge in [0.15, 0.2) is 0 Å². The highest BCUT2D eigenvalue weighted by Crippen LogP contribution is 2.19. The van der Waals surface area contributed by atoms with Crippen LogP contribution in [0.25, 0.3) is 0 Å². The Morgan fingerprint density at radius 1 is 1.16 bits per heavy atom. The third kappa shape index (κ3) is 3.19. The van der Waals surface area contributed by atoms with E-state index in [-0.39, 0.29) is 5.70 Å². The molecule has 0 saturated carbocycles. The van der Waals surface area contributed by atoms with Crippen LogP contribution in [0.15, 0.2) is 41.7 Å². The molecule has 1 heterocycles. The molecule has 1 aromatic rings. The molecule has 0 radical (unpaired) electrons. The fourth-order valence-electron chi connectivity index (χ4n) is 2.19. The molecular weight excluding hydrogens is 244 g/mol. The fourth-order valence-corrected chi connectivity index (χ4v) is 2.19. The summed E-state index contributed by atoms with van der Waals surface area (Å²) in [5.74, 6) is -0.519. The molecule has 1 fully saturated rings. The molecule has 5 heteroatoms. The molecule has 2 rings (SSSR count). The summed E-state index contributed by atoms with van der Waals surface area (Å²) < 4.78 is 0. The third-order valence-electron chi connectivity index (χ3n) is 3.16. The van der Waals surface area contributed by atoms with E-state index < -0.39 is 10.7 Å². The van der Waals surface area contributed by atoms with Crippen LogP contribution >= 0.6 is 0 Å². The number of nitrogens with zero attached hydrogens (tertiary/aromatic N) is 1. The van der Waals surface area contributed by atoms with Crippen molar-refractivity contribution >= 4 is 5.78 Å². The lowest BCUT2D eigenvalue weighted by molar-refractivity contribution is -0.418. The van der Waals surface area contributed by atoms with Crippen LogP contribution in [-0.4, -0.2) is 17.3 Å². The number of ketones is 1. The lowest BCUT2D eigenvalue weighted by atomic mass is 10.1. The number of hydrogen-bond donors (Lipinski definition) is 1. The predicted octanol–water partition coefficient (Wildman–Crippen LogP) is 2.52. The number of hydrogen-bond acceptors (Lipinski definition) is 4. The molecule has 1 aliphatic rings. The first-order valence-electron chi connectivity index (χ1n) is 6.41. The van der Waals surface area contributed by atoms with Gasteiger partial charge in [0.1, 0.15) is 0 Å². The van der Waals surface area contributed by atoms with Crippen LogP contribution in [0.5, 0.6) is 0 Å².